The molecule has 2 heterocycles. The number of aryl methyl sites for hydroxylation is 1. The Morgan fingerprint density at radius 1 is 1.22 bits per heavy atom. The molecule has 0 spiro atoms. The van der Waals surface area contributed by atoms with Crippen LogP contribution in [0, 0.1) is 12.7 Å². The summed E-state index contributed by atoms with van der Waals surface area (Å²) in [6.45, 7) is 4.64. The molecule has 32 heavy (non-hydrogen) atoms. The van der Waals surface area contributed by atoms with Crippen molar-refractivity contribution in [2.45, 2.75) is 20.4 Å². The van der Waals surface area contributed by atoms with E-state index in [2.05, 4.69) is 15.3 Å². The number of aromatic nitrogens is 2. The van der Waals surface area contributed by atoms with E-state index in [9.17, 15) is 9.18 Å². The normalized spacial score (nSPS) is 16.1. The molecule has 0 bridgehead atoms. The SMILES string of the molecule is CCN=C1NC(=Cc2ccc(-n3cnc(C)c3)c(OC)c2)C(=O)N1Cc1ccc(F)cc1. The molecule has 1 fully saturated rings. The maximum absolute atomic E-state index is 13.2. The molecule has 1 amide bonds. The van der Waals surface area contributed by atoms with Crippen molar-refractivity contribution < 1.29 is 13.9 Å². The Hall–Kier alpha value is -3.94. The van der Waals surface area contributed by atoms with E-state index in [1.165, 1.54) is 12.1 Å². The lowest BCUT2D eigenvalue weighted by Gasteiger charge is -2.15. The van der Waals surface area contributed by atoms with Crippen LogP contribution in [0.3, 0.4) is 0 Å². The van der Waals surface area contributed by atoms with Gasteiger partial charge in [-0.3, -0.25) is 14.7 Å². The lowest BCUT2D eigenvalue weighted by Crippen LogP contribution is -2.32. The smallest absolute Gasteiger partial charge is 0.277 e. The van der Waals surface area contributed by atoms with E-state index in [-0.39, 0.29) is 11.7 Å². The number of nitrogens with zero attached hydrogens (tertiary/aromatic N) is 4. The highest BCUT2D eigenvalue weighted by Crippen LogP contribution is 2.26. The van der Waals surface area contributed by atoms with Gasteiger partial charge in [0, 0.05) is 12.7 Å². The van der Waals surface area contributed by atoms with Gasteiger partial charge in [0.25, 0.3) is 5.91 Å². The van der Waals surface area contributed by atoms with E-state index >= 15 is 0 Å². The van der Waals surface area contributed by atoms with E-state index in [4.69, 9.17) is 4.74 Å². The molecular formula is C24H24FN5O2. The molecule has 1 N–H and O–H groups in total. The first-order valence-corrected chi connectivity index (χ1v) is 10.3. The van der Waals surface area contributed by atoms with Gasteiger partial charge in [-0.15, -0.1) is 0 Å². The van der Waals surface area contributed by atoms with Crippen LogP contribution in [-0.2, 0) is 11.3 Å². The summed E-state index contributed by atoms with van der Waals surface area (Å²) in [4.78, 5) is 23.3. The second-order valence-electron chi connectivity index (χ2n) is 7.35. The molecule has 8 heteroatoms. The number of halogens is 1. The van der Waals surface area contributed by atoms with Crippen LogP contribution in [0.4, 0.5) is 4.39 Å². The average Bonchev–Trinajstić information content (AvgIpc) is 3.34. The Kier molecular flexibility index (Phi) is 6.02. The van der Waals surface area contributed by atoms with Crippen LogP contribution in [0.15, 0.2) is 65.7 Å². The average molecular weight is 433 g/mol. The highest BCUT2D eigenvalue weighted by molar-refractivity contribution is 6.15. The maximum Gasteiger partial charge on any atom is 0.277 e. The van der Waals surface area contributed by atoms with Crippen molar-refractivity contribution in [1.82, 2.24) is 19.8 Å². The number of rotatable bonds is 6. The topological polar surface area (TPSA) is 71.7 Å². The van der Waals surface area contributed by atoms with Crippen molar-refractivity contribution in [3.63, 3.8) is 0 Å². The number of hydrogen-bond acceptors (Lipinski definition) is 4. The van der Waals surface area contributed by atoms with Crippen LogP contribution in [-0.4, -0.2) is 40.0 Å². The summed E-state index contributed by atoms with van der Waals surface area (Å²) in [5.41, 5.74) is 3.79. The predicted octanol–water partition coefficient (Wildman–Crippen LogP) is 3.68. The minimum atomic E-state index is -0.314. The summed E-state index contributed by atoms with van der Waals surface area (Å²) < 4.78 is 20.7. The number of nitrogens with one attached hydrogen (secondary N) is 1. The number of carbonyl (C=O) groups is 1. The zero-order valence-electron chi connectivity index (χ0n) is 18.2. The highest BCUT2D eigenvalue weighted by atomic mass is 19.1. The minimum absolute atomic E-state index is 0.199. The summed E-state index contributed by atoms with van der Waals surface area (Å²) in [6, 6.07) is 11.8. The predicted molar refractivity (Wildman–Crippen MR) is 121 cm³/mol. The monoisotopic (exact) mass is 433 g/mol. The van der Waals surface area contributed by atoms with Gasteiger partial charge in [-0.1, -0.05) is 18.2 Å². The van der Waals surface area contributed by atoms with Gasteiger partial charge in [-0.2, -0.15) is 0 Å². The number of ether oxygens (including phenoxy) is 1. The molecule has 164 valence electrons. The molecule has 4 rings (SSSR count). The van der Waals surface area contributed by atoms with E-state index in [1.807, 2.05) is 42.8 Å². The number of amides is 1. The molecule has 0 saturated carbocycles. The van der Waals surface area contributed by atoms with Crippen LogP contribution in [0.2, 0.25) is 0 Å². The molecule has 0 radical (unpaired) electrons. The van der Waals surface area contributed by atoms with Gasteiger partial charge in [-0.25, -0.2) is 9.37 Å². The van der Waals surface area contributed by atoms with Crippen molar-refractivity contribution in [1.29, 1.82) is 0 Å². The van der Waals surface area contributed by atoms with E-state index < -0.39 is 0 Å². The Morgan fingerprint density at radius 2 is 2.00 bits per heavy atom. The van der Waals surface area contributed by atoms with Gasteiger partial charge in [0.2, 0.25) is 5.96 Å². The van der Waals surface area contributed by atoms with E-state index in [0.29, 0.717) is 30.5 Å². The molecule has 0 atom stereocenters. The van der Waals surface area contributed by atoms with Gasteiger partial charge in [-0.05, 0) is 55.3 Å². The first-order chi connectivity index (χ1) is 15.5. The van der Waals surface area contributed by atoms with Gasteiger partial charge in [0.15, 0.2) is 0 Å². The van der Waals surface area contributed by atoms with Crippen LogP contribution >= 0.6 is 0 Å². The van der Waals surface area contributed by atoms with Crippen molar-refractivity contribution in [3.05, 3.63) is 83.3 Å². The number of benzene rings is 2. The first kappa shape index (κ1) is 21.3. The Bertz CT molecular complexity index is 1200. The fourth-order valence-corrected chi connectivity index (χ4v) is 3.49. The van der Waals surface area contributed by atoms with Crippen LogP contribution in [0.5, 0.6) is 5.75 Å². The molecule has 1 aliphatic heterocycles. The van der Waals surface area contributed by atoms with Crippen LogP contribution in [0.25, 0.3) is 11.8 Å². The third kappa shape index (κ3) is 4.39. The standard InChI is InChI=1S/C24H24FN5O2/c1-4-26-24-28-20(23(31)30(24)14-17-5-8-19(25)9-6-17)11-18-7-10-21(22(12-18)32-3)29-13-16(2)27-15-29/h5-13,15H,4,14H2,1-3H3,(H,26,28). The van der Waals surface area contributed by atoms with Crippen LogP contribution < -0.4 is 10.1 Å². The molecule has 1 aromatic heterocycles. The largest absolute Gasteiger partial charge is 0.495 e. The molecule has 0 aliphatic carbocycles. The molecule has 0 unspecified atom stereocenters. The summed E-state index contributed by atoms with van der Waals surface area (Å²) in [5, 5.41) is 3.12. The van der Waals surface area contributed by atoms with Crippen molar-refractivity contribution in [3.8, 4) is 11.4 Å². The number of guanidine groups is 1. The summed E-state index contributed by atoms with van der Waals surface area (Å²) >= 11 is 0. The van der Waals surface area contributed by atoms with Crippen molar-refractivity contribution in [2.24, 2.45) is 4.99 Å². The Morgan fingerprint density at radius 3 is 2.66 bits per heavy atom. The highest BCUT2D eigenvalue weighted by Gasteiger charge is 2.31. The van der Waals surface area contributed by atoms with Crippen LogP contribution in [0.1, 0.15) is 23.7 Å². The second-order valence-corrected chi connectivity index (χ2v) is 7.35. The number of carbonyl (C=O) groups excluding carboxylic acids is 1. The van der Waals surface area contributed by atoms with Gasteiger partial charge < -0.3 is 14.6 Å². The summed E-state index contributed by atoms with van der Waals surface area (Å²) in [6.07, 6.45) is 5.41. The van der Waals surface area contributed by atoms with Gasteiger partial charge >= 0.3 is 0 Å². The molecular weight excluding hydrogens is 409 g/mol. The third-order valence-electron chi connectivity index (χ3n) is 5.04. The number of aliphatic imine (C=N–C) groups is 1. The van der Waals surface area contributed by atoms with Gasteiger partial charge in [0.1, 0.15) is 17.3 Å². The molecule has 1 saturated heterocycles. The fraction of sp³-hybridized carbons (Fsp3) is 0.208. The quantitative estimate of drug-likeness (QED) is 0.602. The van der Waals surface area contributed by atoms with E-state index in [0.717, 1.165) is 22.5 Å². The molecule has 1 aliphatic rings. The maximum atomic E-state index is 13.2. The van der Waals surface area contributed by atoms with Crippen molar-refractivity contribution in [2.75, 3.05) is 13.7 Å². The number of imidazole rings is 1. The molecule has 2 aromatic carbocycles. The first-order valence-electron chi connectivity index (χ1n) is 10.3. The second kappa shape index (κ2) is 9.05. The van der Waals surface area contributed by atoms with E-state index in [1.54, 1.807) is 36.5 Å². The third-order valence-corrected chi connectivity index (χ3v) is 5.04. The number of hydrogen-bond donors (Lipinski definition) is 1. The zero-order chi connectivity index (χ0) is 22.7. The molecule has 3 aromatic rings. The minimum Gasteiger partial charge on any atom is -0.495 e. The Labute approximate surface area is 185 Å². The lowest BCUT2D eigenvalue weighted by molar-refractivity contribution is -0.122. The fourth-order valence-electron chi connectivity index (χ4n) is 3.49. The zero-order valence-corrected chi connectivity index (χ0v) is 18.2. The number of methoxy groups -OCH3 is 1. The van der Waals surface area contributed by atoms with Crippen molar-refractivity contribution >= 4 is 17.9 Å². The summed E-state index contributed by atoms with van der Waals surface area (Å²) in [7, 11) is 1.61. The summed E-state index contributed by atoms with van der Waals surface area (Å²) in [5.74, 6) is 0.624. The Balaban J connectivity index is 1.62. The lowest BCUT2D eigenvalue weighted by atomic mass is 10.1. The molecule has 7 nitrogen and oxygen atoms in total. The van der Waals surface area contributed by atoms with Gasteiger partial charge in [0.05, 0.1) is 31.4 Å².